The van der Waals surface area contributed by atoms with E-state index >= 15 is 0 Å². The van der Waals surface area contributed by atoms with Crippen molar-refractivity contribution >= 4 is 22.8 Å². The van der Waals surface area contributed by atoms with Crippen molar-refractivity contribution in [2.24, 2.45) is 7.05 Å². The minimum Gasteiger partial charge on any atom is -0.298 e. The van der Waals surface area contributed by atoms with E-state index in [1.165, 1.54) is 12.8 Å². The third-order valence-corrected chi connectivity index (χ3v) is 5.51. The number of fused-ring (bicyclic) bond motifs is 1. The number of rotatable bonds is 5. The smallest absolute Gasteiger partial charge is 0.258 e. The van der Waals surface area contributed by atoms with Crippen LogP contribution in [0, 0.1) is 0 Å². The molecule has 3 aromatic heterocycles. The number of carbonyl (C=O) groups is 1. The second-order valence-corrected chi connectivity index (χ2v) is 7.84. The predicted octanol–water partition coefficient (Wildman–Crippen LogP) is 3.27. The zero-order valence-electron chi connectivity index (χ0n) is 17.3. The topological polar surface area (TPSA) is 88.8 Å². The van der Waals surface area contributed by atoms with E-state index in [4.69, 9.17) is 0 Å². The Morgan fingerprint density at radius 3 is 2.74 bits per heavy atom. The van der Waals surface area contributed by atoms with E-state index in [1.54, 1.807) is 23.1 Å². The first-order valence-corrected chi connectivity index (χ1v) is 10.4. The Morgan fingerprint density at radius 1 is 1.06 bits per heavy atom. The molecule has 1 N–H and O–H groups in total. The molecule has 4 aromatic rings. The van der Waals surface area contributed by atoms with Gasteiger partial charge in [0.25, 0.3) is 5.91 Å². The van der Waals surface area contributed by atoms with Gasteiger partial charge in [-0.1, -0.05) is 12.1 Å². The molecule has 0 spiro atoms. The normalized spacial score (nSPS) is 14.2. The Bertz CT molecular complexity index is 1240. The van der Waals surface area contributed by atoms with E-state index < -0.39 is 0 Å². The molecule has 0 radical (unpaired) electrons. The Balaban J connectivity index is 1.35. The van der Waals surface area contributed by atoms with Gasteiger partial charge in [-0.15, -0.1) is 0 Å². The summed E-state index contributed by atoms with van der Waals surface area (Å²) in [5.74, 6) is 0.0339. The highest BCUT2D eigenvalue weighted by molar-refractivity contribution is 6.03. The highest BCUT2D eigenvalue weighted by Gasteiger charge is 2.14. The van der Waals surface area contributed by atoms with Crippen LogP contribution in [0.4, 0.5) is 5.95 Å². The Hall–Kier alpha value is -3.65. The number of likely N-dealkylation sites (tertiary alicyclic amines) is 1. The number of carbonyl (C=O) groups excluding carboxylic acids is 1. The number of pyridine rings is 1. The van der Waals surface area contributed by atoms with E-state index in [0.29, 0.717) is 5.56 Å². The molecule has 4 heterocycles. The molecule has 1 fully saturated rings. The number of benzene rings is 1. The van der Waals surface area contributed by atoms with Crippen molar-refractivity contribution in [1.82, 2.24) is 29.6 Å². The second kappa shape index (κ2) is 8.23. The summed E-state index contributed by atoms with van der Waals surface area (Å²) in [6, 6.07) is 9.51. The summed E-state index contributed by atoms with van der Waals surface area (Å²) in [5.41, 5.74) is 4.23. The fourth-order valence-electron chi connectivity index (χ4n) is 3.88. The molecule has 1 amide bonds. The Morgan fingerprint density at radius 2 is 1.94 bits per heavy atom. The van der Waals surface area contributed by atoms with Crippen molar-refractivity contribution in [1.29, 1.82) is 0 Å². The highest BCUT2D eigenvalue weighted by Crippen LogP contribution is 2.23. The van der Waals surface area contributed by atoms with Gasteiger partial charge < -0.3 is 0 Å². The molecule has 1 saturated heterocycles. The van der Waals surface area contributed by atoms with Gasteiger partial charge in [-0.05, 0) is 49.7 Å². The Labute approximate surface area is 180 Å². The fourth-order valence-corrected chi connectivity index (χ4v) is 3.88. The lowest BCUT2D eigenvalue weighted by Gasteiger charge is -2.14. The van der Waals surface area contributed by atoms with Crippen LogP contribution in [0.5, 0.6) is 0 Å². The summed E-state index contributed by atoms with van der Waals surface area (Å²) in [7, 11) is 1.88. The maximum atomic E-state index is 12.8. The number of hydrogen-bond donors (Lipinski definition) is 1. The van der Waals surface area contributed by atoms with Gasteiger partial charge >= 0.3 is 0 Å². The van der Waals surface area contributed by atoms with Crippen LogP contribution in [-0.2, 0) is 13.6 Å². The molecule has 8 heteroatoms. The van der Waals surface area contributed by atoms with Gasteiger partial charge in [0.2, 0.25) is 5.95 Å². The monoisotopic (exact) mass is 413 g/mol. The zero-order valence-corrected chi connectivity index (χ0v) is 17.3. The zero-order chi connectivity index (χ0) is 21.2. The van der Waals surface area contributed by atoms with Crippen molar-refractivity contribution in [2.45, 2.75) is 19.4 Å². The summed E-state index contributed by atoms with van der Waals surface area (Å²) in [5, 5.41) is 7.94. The van der Waals surface area contributed by atoms with Crippen LogP contribution in [0.15, 0.2) is 55.1 Å². The van der Waals surface area contributed by atoms with Gasteiger partial charge in [-0.3, -0.25) is 24.7 Å². The van der Waals surface area contributed by atoms with Gasteiger partial charge in [0.05, 0.1) is 17.4 Å². The van der Waals surface area contributed by atoms with Crippen molar-refractivity contribution in [3.05, 3.63) is 66.4 Å². The third kappa shape index (κ3) is 4.29. The van der Waals surface area contributed by atoms with Crippen LogP contribution >= 0.6 is 0 Å². The predicted molar refractivity (Wildman–Crippen MR) is 118 cm³/mol. The number of aromatic nitrogens is 5. The average Bonchev–Trinajstić information content (AvgIpc) is 3.45. The molecule has 0 saturated carbocycles. The lowest BCUT2D eigenvalue weighted by atomic mass is 10.1. The van der Waals surface area contributed by atoms with Gasteiger partial charge in [0.15, 0.2) is 0 Å². The van der Waals surface area contributed by atoms with E-state index in [9.17, 15) is 4.79 Å². The van der Waals surface area contributed by atoms with Crippen LogP contribution < -0.4 is 5.32 Å². The van der Waals surface area contributed by atoms with Crippen LogP contribution in [0.25, 0.3) is 22.0 Å². The molecule has 8 nitrogen and oxygen atoms in total. The minimum atomic E-state index is -0.243. The number of hydrogen-bond acceptors (Lipinski definition) is 6. The molecule has 1 aliphatic heterocycles. The molecule has 5 rings (SSSR count). The molecular formula is C23H23N7O. The summed E-state index contributed by atoms with van der Waals surface area (Å²) >= 11 is 0. The van der Waals surface area contributed by atoms with Crippen molar-refractivity contribution < 1.29 is 4.79 Å². The lowest BCUT2D eigenvalue weighted by Crippen LogP contribution is -2.20. The van der Waals surface area contributed by atoms with E-state index in [0.717, 1.165) is 47.4 Å². The maximum Gasteiger partial charge on any atom is 0.258 e. The van der Waals surface area contributed by atoms with Gasteiger partial charge in [-0.2, -0.15) is 5.10 Å². The van der Waals surface area contributed by atoms with Gasteiger partial charge in [0, 0.05) is 48.7 Å². The van der Waals surface area contributed by atoms with Crippen LogP contribution in [-0.4, -0.2) is 48.6 Å². The largest absolute Gasteiger partial charge is 0.298 e. The number of nitrogens with zero attached hydrogens (tertiary/aromatic N) is 6. The molecule has 1 aromatic carbocycles. The fraction of sp³-hybridized carbons (Fsp3) is 0.261. The summed E-state index contributed by atoms with van der Waals surface area (Å²) in [4.78, 5) is 28.4. The van der Waals surface area contributed by atoms with Crippen LogP contribution in [0.1, 0.15) is 28.9 Å². The van der Waals surface area contributed by atoms with E-state index in [-0.39, 0.29) is 11.9 Å². The summed E-state index contributed by atoms with van der Waals surface area (Å²) < 4.78 is 1.76. The number of nitrogens with one attached hydrogen (secondary N) is 1. The van der Waals surface area contributed by atoms with Gasteiger partial charge in [0.1, 0.15) is 0 Å². The van der Waals surface area contributed by atoms with E-state index in [1.807, 2.05) is 43.7 Å². The van der Waals surface area contributed by atoms with Crippen LogP contribution in [0.3, 0.4) is 0 Å². The molecule has 156 valence electrons. The van der Waals surface area contributed by atoms with Gasteiger partial charge in [-0.25, -0.2) is 9.97 Å². The highest BCUT2D eigenvalue weighted by atomic mass is 16.1. The average molecular weight is 413 g/mol. The number of anilines is 1. The van der Waals surface area contributed by atoms with Crippen LogP contribution in [0.2, 0.25) is 0 Å². The Kier molecular flexibility index (Phi) is 5.13. The SMILES string of the molecule is Cn1cc(-c2ccc3cnc(NC(=O)c4ccnc(CN5CCCC5)c4)nc3c2)cn1. The first-order chi connectivity index (χ1) is 15.1. The van der Waals surface area contributed by atoms with E-state index in [2.05, 4.69) is 30.3 Å². The molecule has 1 aliphatic rings. The summed E-state index contributed by atoms with van der Waals surface area (Å²) in [6.45, 7) is 2.94. The minimum absolute atomic E-state index is 0.243. The molecular weight excluding hydrogens is 390 g/mol. The number of aryl methyl sites for hydroxylation is 1. The standard InChI is InChI=1S/C23H23N7O/c1-29-14-19(13-26-29)16-4-5-18-12-25-23(27-21(18)11-16)28-22(31)17-6-7-24-20(10-17)15-30-8-2-3-9-30/h4-7,10-14H,2-3,8-9,15H2,1H3,(H,25,27,28,31). The molecule has 0 bridgehead atoms. The third-order valence-electron chi connectivity index (χ3n) is 5.51. The maximum absolute atomic E-state index is 12.8. The first kappa shape index (κ1) is 19.3. The molecule has 0 aliphatic carbocycles. The second-order valence-electron chi connectivity index (χ2n) is 7.84. The first-order valence-electron chi connectivity index (χ1n) is 10.4. The molecule has 31 heavy (non-hydrogen) atoms. The summed E-state index contributed by atoms with van der Waals surface area (Å²) in [6.07, 6.45) is 9.62. The van der Waals surface area contributed by atoms with Crippen molar-refractivity contribution in [2.75, 3.05) is 18.4 Å². The molecule has 0 unspecified atom stereocenters. The molecule has 0 atom stereocenters. The van der Waals surface area contributed by atoms with Crippen molar-refractivity contribution in [3.8, 4) is 11.1 Å². The number of amides is 1. The van der Waals surface area contributed by atoms with Crippen molar-refractivity contribution in [3.63, 3.8) is 0 Å². The lowest BCUT2D eigenvalue weighted by molar-refractivity contribution is 0.102. The quantitative estimate of drug-likeness (QED) is 0.540.